The first-order valence-corrected chi connectivity index (χ1v) is 9.00. The topological polar surface area (TPSA) is 40.5 Å². The Bertz CT molecular complexity index is 331. The highest BCUT2D eigenvalue weighted by atomic mass is 32.2. The van der Waals surface area contributed by atoms with Gasteiger partial charge in [-0.1, -0.05) is 6.08 Å². The van der Waals surface area contributed by atoms with E-state index in [9.17, 15) is 9.90 Å². The van der Waals surface area contributed by atoms with Crippen molar-refractivity contribution in [3.8, 4) is 0 Å². The molecular formula is C16H27NO2S. The number of likely N-dealkylation sites (N-methyl/N-ethyl adjacent to an activating group) is 1. The van der Waals surface area contributed by atoms with Gasteiger partial charge in [-0.05, 0) is 63.2 Å². The highest BCUT2D eigenvalue weighted by molar-refractivity contribution is 8.00. The van der Waals surface area contributed by atoms with Gasteiger partial charge in [-0.2, -0.15) is 11.8 Å². The van der Waals surface area contributed by atoms with Crippen molar-refractivity contribution in [3.63, 3.8) is 0 Å². The fourth-order valence-electron chi connectivity index (χ4n) is 3.03. The third kappa shape index (κ3) is 4.81. The van der Waals surface area contributed by atoms with Gasteiger partial charge in [0.05, 0.1) is 6.10 Å². The van der Waals surface area contributed by atoms with Gasteiger partial charge in [0.15, 0.2) is 0 Å². The van der Waals surface area contributed by atoms with Crippen LogP contribution in [0.4, 0.5) is 0 Å². The van der Waals surface area contributed by atoms with Crippen molar-refractivity contribution >= 4 is 17.7 Å². The molecule has 2 fully saturated rings. The summed E-state index contributed by atoms with van der Waals surface area (Å²) >= 11 is 2.00. The van der Waals surface area contributed by atoms with E-state index in [1.165, 1.54) is 18.6 Å². The number of nitrogens with zero attached hydrogens (tertiary/aromatic N) is 1. The Morgan fingerprint density at radius 2 is 2.05 bits per heavy atom. The highest BCUT2D eigenvalue weighted by Crippen LogP contribution is 2.27. The number of carbonyl (C=O) groups excluding carboxylic acids is 1. The zero-order valence-electron chi connectivity index (χ0n) is 12.5. The van der Waals surface area contributed by atoms with Gasteiger partial charge in [0.2, 0.25) is 5.91 Å². The lowest BCUT2D eigenvalue weighted by atomic mass is 9.87. The Hall–Kier alpha value is -0.480. The lowest BCUT2D eigenvalue weighted by Gasteiger charge is -2.24. The van der Waals surface area contributed by atoms with E-state index in [0.29, 0.717) is 11.2 Å². The summed E-state index contributed by atoms with van der Waals surface area (Å²) in [5.74, 6) is 1.88. The van der Waals surface area contributed by atoms with Crippen LogP contribution >= 0.6 is 11.8 Å². The first kappa shape index (κ1) is 15.9. The highest BCUT2D eigenvalue weighted by Gasteiger charge is 2.21. The molecule has 0 aromatic carbocycles. The van der Waals surface area contributed by atoms with Crippen LogP contribution in [0.15, 0.2) is 12.2 Å². The van der Waals surface area contributed by atoms with Crippen molar-refractivity contribution in [2.75, 3.05) is 18.8 Å². The van der Waals surface area contributed by atoms with Crippen LogP contribution in [-0.4, -0.2) is 46.1 Å². The lowest BCUT2D eigenvalue weighted by Crippen LogP contribution is -2.34. The van der Waals surface area contributed by atoms with Gasteiger partial charge in [-0.3, -0.25) is 4.79 Å². The second kappa shape index (κ2) is 8.08. The second-order valence-electron chi connectivity index (χ2n) is 5.94. The molecule has 2 rings (SSSR count). The van der Waals surface area contributed by atoms with E-state index in [1.807, 2.05) is 16.7 Å². The van der Waals surface area contributed by atoms with Crippen molar-refractivity contribution in [1.29, 1.82) is 0 Å². The number of hydrogen-bond acceptors (Lipinski definition) is 3. The van der Waals surface area contributed by atoms with Crippen LogP contribution in [0.1, 0.15) is 45.4 Å². The second-order valence-corrected chi connectivity index (χ2v) is 7.35. The SMILES string of the molecule is CCN(CC1CCCS1)C(=O)/C=C/C1CCC(O)CC1. The molecule has 20 heavy (non-hydrogen) atoms. The van der Waals surface area contributed by atoms with Gasteiger partial charge < -0.3 is 10.0 Å². The zero-order valence-corrected chi connectivity index (χ0v) is 13.3. The summed E-state index contributed by atoms with van der Waals surface area (Å²) in [6.07, 6.45) is 10.0. The van der Waals surface area contributed by atoms with Gasteiger partial charge in [0.25, 0.3) is 0 Å². The van der Waals surface area contributed by atoms with Crippen molar-refractivity contribution in [2.24, 2.45) is 5.92 Å². The Balaban J connectivity index is 1.78. The molecule has 1 amide bonds. The van der Waals surface area contributed by atoms with Crippen LogP contribution in [0.3, 0.4) is 0 Å². The van der Waals surface area contributed by atoms with E-state index >= 15 is 0 Å². The molecule has 3 nitrogen and oxygen atoms in total. The van der Waals surface area contributed by atoms with Gasteiger partial charge in [-0.25, -0.2) is 0 Å². The number of thioether (sulfide) groups is 1. The largest absolute Gasteiger partial charge is 0.393 e. The molecular weight excluding hydrogens is 270 g/mol. The molecule has 0 radical (unpaired) electrons. The average Bonchev–Trinajstić information content (AvgIpc) is 2.97. The minimum Gasteiger partial charge on any atom is -0.393 e. The Kier molecular flexibility index (Phi) is 6.43. The smallest absolute Gasteiger partial charge is 0.246 e. The van der Waals surface area contributed by atoms with Gasteiger partial charge >= 0.3 is 0 Å². The monoisotopic (exact) mass is 297 g/mol. The summed E-state index contributed by atoms with van der Waals surface area (Å²) in [4.78, 5) is 14.2. The maximum absolute atomic E-state index is 12.2. The number of rotatable bonds is 5. The van der Waals surface area contributed by atoms with E-state index in [-0.39, 0.29) is 12.0 Å². The van der Waals surface area contributed by atoms with Gasteiger partial charge in [0, 0.05) is 18.3 Å². The molecule has 0 aromatic rings. The lowest BCUT2D eigenvalue weighted by molar-refractivity contribution is -0.125. The molecule has 1 saturated carbocycles. The van der Waals surface area contributed by atoms with Crippen LogP contribution in [0, 0.1) is 5.92 Å². The van der Waals surface area contributed by atoms with E-state index in [0.717, 1.165) is 38.8 Å². The first-order valence-electron chi connectivity index (χ1n) is 7.95. The number of hydrogen-bond donors (Lipinski definition) is 1. The molecule has 1 aliphatic carbocycles. The minimum atomic E-state index is -0.123. The molecule has 0 spiro atoms. The predicted molar refractivity (Wildman–Crippen MR) is 84.8 cm³/mol. The molecule has 1 N–H and O–H groups in total. The van der Waals surface area contributed by atoms with E-state index in [4.69, 9.17) is 0 Å². The summed E-state index contributed by atoms with van der Waals surface area (Å²) < 4.78 is 0. The molecule has 0 aromatic heterocycles. The van der Waals surface area contributed by atoms with Gasteiger partial charge in [-0.15, -0.1) is 0 Å². The molecule has 114 valence electrons. The molecule has 1 saturated heterocycles. The number of aliphatic hydroxyl groups excluding tert-OH is 1. The maximum atomic E-state index is 12.2. The fourth-order valence-corrected chi connectivity index (χ4v) is 4.31. The summed E-state index contributed by atoms with van der Waals surface area (Å²) in [5.41, 5.74) is 0. The van der Waals surface area contributed by atoms with E-state index in [1.54, 1.807) is 6.08 Å². The fraction of sp³-hybridized carbons (Fsp3) is 0.812. The average molecular weight is 297 g/mol. The Morgan fingerprint density at radius 3 is 2.65 bits per heavy atom. The van der Waals surface area contributed by atoms with Crippen molar-refractivity contribution in [3.05, 3.63) is 12.2 Å². The predicted octanol–water partition coefficient (Wildman–Crippen LogP) is 2.84. The molecule has 1 aliphatic heterocycles. The van der Waals surface area contributed by atoms with Crippen LogP contribution < -0.4 is 0 Å². The van der Waals surface area contributed by atoms with Crippen molar-refractivity contribution in [1.82, 2.24) is 4.90 Å². The van der Waals surface area contributed by atoms with Gasteiger partial charge in [0.1, 0.15) is 0 Å². The van der Waals surface area contributed by atoms with Crippen molar-refractivity contribution < 1.29 is 9.90 Å². The quantitative estimate of drug-likeness (QED) is 0.793. The Morgan fingerprint density at radius 1 is 1.30 bits per heavy atom. The maximum Gasteiger partial charge on any atom is 0.246 e. The summed E-state index contributed by atoms with van der Waals surface area (Å²) in [6, 6.07) is 0. The molecule has 1 atom stereocenters. The van der Waals surface area contributed by atoms with Crippen LogP contribution in [0.5, 0.6) is 0 Å². The summed E-state index contributed by atoms with van der Waals surface area (Å²) in [5, 5.41) is 10.1. The van der Waals surface area contributed by atoms with Crippen molar-refractivity contribution in [2.45, 2.75) is 56.8 Å². The minimum absolute atomic E-state index is 0.123. The first-order chi connectivity index (χ1) is 9.69. The molecule has 2 aliphatic rings. The number of allylic oxidation sites excluding steroid dienone is 1. The van der Waals surface area contributed by atoms with Crippen LogP contribution in [0.2, 0.25) is 0 Å². The standard InChI is InChI=1S/C16H27NO2S/c1-2-17(12-15-4-3-11-20-15)16(19)10-7-13-5-8-14(18)9-6-13/h7,10,13-15,18H,2-6,8-9,11-12H2,1H3/b10-7+. The number of aliphatic hydroxyl groups is 1. The molecule has 4 heteroatoms. The molecule has 1 unspecified atom stereocenters. The summed E-state index contributed by atoms with van der Waals surface area (Å²) in [6.45, 7) is 3.75. The normalized spacial score (nSPS) is 30.8. The summed E-state index contributed by atoms with van der Waals surface area (Å²) in [7, 11) is 0. The van der Waals surface area contributed by atoms with E-state index < -0.39 is 0 Å². The van der Waals surface area contributed by atoms with E-state index in [2.05, 4.69) is 13.0 Å². The zero-order chi connectivity index (χ0) is 14.4. The van der Waals surface area contributed by atoms with Crippen LogP contribution in [0.25, 0.3) is 0 Å². The number of amides is 1. The molecule has 0 bridgehead atoms. The molecule has 1 heterocycles. The third-order valence-electron chi connectivity index (χ3n) is 4.39. The third-order valence-corrected chi connectivity index (χ3v) is 5.77. The Labute approximate surface area is 126 Å². The van der Waals surface area contributed by atoms with Crippen LogP contribution in [-0.2, 0) is 4.79 Å². The number of carbonyl (C=O) groups is 1.